The SMILES string of the molecule is Cc1ccccc1OCC(O)CN(CCO)Cc1ccccc1. The minimum Gasteiger partial charge on any atom is -0.491 e. The van der Waals surface area contributed by atoms with Crippen molar-refractivity contribution in [3.05, 3.63) is 65.7 Å². The van der Waals surface area contributed by atoms with Gasteiger partial charge in [-0.25, -0.2) is 0 Å². The summed E-state index contributed by atoms with van der Waals surface area (Å²) in [5.74, 6) is 0.795. The van der Waals surface area contributed by atoms with E-state index >= 15 is 0 Å². The summed E-state index contributed by atoms with van der Waals surface area (Å²) < 4.78 is 5.69. The van der Waals surface area contributed by atoms with Crippen molar-refractivity contribution in [2.24, 2.45) is 0 Å². The number of para-hydroxylation sites is 1. The van der Waals surface area contributed by atoms with Gasteiger partial charge in [0.1, 0.15) is 18.5 Å². The number of nitrogens with zero attached hydrogens (tertiary/aromatic N) is 1. The number of hydrogen-bond acceptors (Lipinski definition) is 4. The predicted molar refractivity (Wildman–Crippen MR) is 91.5 cm³/mol. The third-order valence-electron chi connectivity index (χ3n) is 3.66. The van der Waals surface area contributed by atoms with Gasteiger partial charge < -0.3 is 14.9 Å². The first-order valence-electron chi connectivity index (χ1n) is 7.92. The Kier molecular flexibility index (Phi) is 7.07. The number of aliphatic hydroxyl groups is 2. The van der Waals surface area contributed by atoms with Gasteiger partial charge in [-0.1, -0.05) is 48.5 Å². The number of benzene rings is 2. The van der Waals surface area contributed by atoms with Crippen molar-refractivity contribution in [2.75, 3.05) is 26.3 Å². The van der Waals surface area contributed by atoms with Crippen molar-refractivity contribution >= 4 is 0 Å². The predicted octanol–water partition coefficient (Wildman–Crippen LogP) is 2.23. The van der Waals surface area contributed by atoms with Crippen LogP contribution < -0.4 is 4.74 Å². The van der Waals surface area contributed by atoms with Crippen molar-refractivity contribution in [2.45, 2.75) is 19.6 Å². The summed E-state index contributed by atoms with van der Waals surface area (Å²) in [5.41, 5.74) is 2.21. The average Bonchev–Trinajstić information content (AvgIpc) is 2.55. The Hall–Kier alpha value is -1.88. The van der Waals surface area contributed by atoms with Gasteiger partial charge in [-0.2, -0.15) is 0 Å². The molecule has 0 amide bonds. The maximum absolute atomic E-state index is 10.2. The fraction of sp³-hybridized carbons (Fsp3) is 0.368. The van der Waals surface area contributed by atoms with Crippen LogP contribution in [0.2, 0.25) is 0 Å². The second-order valence-electron chi connectivity index (χ2n) is 5.67. The third-order valence-corrected chi connectivity index (χ3v) is 3.66. The normalized spacial score (nSPS) is 12.3. The highest BCUT2D eigenvalue weighted by Crippen LogP contribution is 2.16. The van der Waals surface area contributed by atoms with E-state index in [1.165, 1.54) is 0 Å². The Bertz CT molecular complexity index is 574. The first kappa shape index (κ1) is 17.5. The van der Waals surface area contributed by atoms with Crippen molar-refractivity contribution in [1.82, 2.24) is 4.90 Å². The molecule has 0 aliphatic carbocycles. The highest BCUT2D eigenvalue weighted by molar-refractivity contribution is 5.31. The van der Waals surface area contributed by atoms with Gasteiger partial charge in [0.25, 0.3) is 0 Å². The Morgan fingerprint density at radius 2 is 1.74 bits per heavy atom. The van der Waals surface area contributed by atoms with Gasteiger partial charge in [0, 0.05) is 19.6 Å². The van der Waals surface area contributed by atoms with E-state index in [0.717, 1.165) is 16.9 Å². The van der Waals surface area contributed by atoms with E-state index in [1.807, 2.05) is 66.4 Å². The quantitative estimate of drug-likeness (QED) is 0.745. The first-order chi connectivity index (χ1) is 11.2. The van der Waals surface area contributed by atoms with E-state index in [2.05, 4.69) is 0 Å². The molecule has 2 N–H and O–H groups in total. The van der Waals surface area contributed by atoms with E-state index in [0.29, 0.717) is 19.6 Å². The highest BCUT2D eigenvalue weighted by Gasteiger charge is 2.13. The van der Waals surface area contributed by atoms with Gasteiger partial charge >= 0.3 is 0 Å². The maximum Gasteiger partial charge on any atom is 0.122 e. The number of aryl methyl sites for hydroxylation is 1. The fourth-order valence-corrected chi connectivity index (χ4v) is 2.47. The van der Waals surface area contributed by atoms with Gasteiger partial charge in [-0.3, -0.25) is 4.90 Å². The minimum absolute atomic E-state index is 0.0677. The minimum atomic E-state index is -0.607. The van der Waals surface area contributed by atoms with E-state index in [-0.39, 0.29) is 13.2 Å². The molecular formula is C19H25NO3. The molecule has 4 heteroatoms. The Balaban J connectivity index is 1.85. The lowest BCUT2D eigenvalue weighted by molar-refractivity contribution is 0.0588. The average molecular weight is 315 g/mol. The molecule has 23 heavy (non-hydrogen) atoms. The molecule has 0 saturated carbocycles. The molecule has 2 rings (SSSR count). The Labute approximate surface area is 138 Å². The summed E-state index contributed by atoms with van der Waals surface area (Å²) in [6, 6.07) is 17.8. The van der Waals surface area contributed by atoms with Crippen LogP contribution in [0.15, 0.2) is 54.6 Å². The molecule has 4 nitrogen and oxygen atoms in total. The summed E-state index contributed by atoms with van der Waals surface area (Å²) in [4.78, 5) is 2.03. The van der Waals surface area contributed by atoms with Gasteiger partial charge in [-0.05, 0) is 24.1 Å². The smallest absolute Gasteiger partial charge is 0.122 e. The van der Waals surface area contributed by atoms with E-state index < -0.39 is 6.10 Å². The number of rotatable bonds is 9. The van der Waals surface area contributed by atoms with Crippen LogP contribution in [-0.4, -0.2) is 47.5 Å². The molecule has 124 valence electrons. The van der Waals surface area contributed by atoms with Gasteiger partial charge in [0.05, 0.1) is 6.61 Å². The van der Waals surface area contributed by atoms with Gasteiger partial charge in [-0.15, -0.1) is 0 Å². The Morgan fingerprint density at radius 3 is 2.43 bits per heavy atom. The zero-order valence-corrected chi connectivity index (χ0v) is 13.6. The molecule has 0 spiro atoms. The van der Waals surface area contributed by atoms with Gasteiger partial charge in [0.2, 0.25) is 0 Å². The molecule has 1 unspecified atom stereocenters. The van der Waals surface area contributed by atoms with Crippen LogP contribution in [0, 0.1) is 6.92 Å². The molecule has 0 aliphatic heterocycles. The van der Waals surface area contributed by atoms with E-state index in [1.54, 1.807) is 0 Å². The molecule has 0 fully saturated rings. The number of hydrogen-bond donors (Lipinski definition) is 2. The zero-order valence-electron chi connectivity index (χ0n) is 13.6. The summed E-state index contributed by atoms with van der Waals surface area (Å²) in [5, 5.41) is 19.4. The molecular weight excluding hydrogens is 290 g/mol. The summed E-state index contributed by atoms with van der Waals surface area (Å²) in [7, 11) is 0. The molecule has 0 aromatic heterocycles. The monoisotopic (exact) mass is 315 g/mol. The van der Waals surface area contributed by atoms with Crippen LogP contribution in [0.5, 0.6) is 5.75 Å². The Morgan fingerprint density at radius 1 is 1.04 bits per heavy atom. The molecule has 0 heterocycles. The lowest BCUT2D eigenvalue weighted by Gasteiger charge is -2.24. The molecule has 0 saturated heterocycles. The van der Waals surface area contributed by atoms with Crippen LogP contribution in [-0.2, 0) is 6.54 Å². The summed E-state index contributed by atoms with van der Waals surface area (Å²) >= 11 is 0. The molecule has 0 radical (unpaired) electrons. The second-order valence-corrected chi connectivity index (χ2v) is 5.67. The third kappa shape index (κ3) is 6.02. The molecule has 2 aromatic rings. The standard InChI is InChI=1S/C19H25NO3/c1-16-7-5-6-10-19(16)23-15-18(22)14-20(11-12-21)13-17-8-3-2-4-9-17/h2-10,18,21-22H,11-15H2,1H3. The highest BCUT2D eigenvalue weighted by atomic mass is 16.5. The van der Waals surface area contributed by atoms with Crippen LogP contribution in [0.25, 0.3) is 0 Å². The van der Waals surface area contributed by atoms with Crippen molar-refractivity contribution in [1.29, 1.82) is 0 Å². The molecule has 2 aromatic carbocycles. The first-order valence-corrected chi connectivity index (χ1v) is 7.92. The molecule has 0 aliphatic rings. The van der Waals surface area contributed by atoms with Gasteiger partial charge in [0.15, 0.2) is 0 Å². The fourth-order valence-electron chi connectivity index (χ4n) is 2.47. The lowest BCUT2D eigenvalue weighted by atomic mass is 10.2. The van der Waals surface area contributed by atoms with Crippen molar-refractivity contribution < 1.29 is 14.9 Å². The summed E-state index contributed by atoms with van der Waals surface area (Å²) in [6.07, 6.45) is -0.607. The maximum atomic E-state index is 10.2. The number of aliphatic hydroxyl groups excluding tert-OH is 2. The molecule has 1 atom stereocenters. The second kappa shape index (κ2) is 9.30. The number of ether oxygens (including phenoxy) is 1. The molecule has 0 bridgehead atoms. The lowest BCUT2D eigenvalue weighted by Crippen LogP contribution is -2.37. The van der Waals surface area contributed by atoms with Crippen molar-refractivity contribution in [3.63, 3.8) is 0 Å². The largest absolute Gasteiger partial charge is 0.491 e. The zero-order chi connectivity index (χ0) is 16.5. The van der Waals surface area contributed by atoms with Crippen LogP contribution in [0.3, 0.4) is 0 Å². The van der Waals surface area contributed by atoms with Crippen LogP contribution >= 0.6 is 0 Å². The summed E-state index contributed by atoms with van der Waals surface area (Å²) in [6.45, 7) is 3.97. The van der Waals surface area contributed by atoms with Crippen LogP contribution in [0.1, 0.15) is 11.1 Å². The van der Waals surface area contributed by atoms with Crippen LogP contribution in [0.4, 0.5) is 0 Å². The topological polar surface area (TPSA) is 52.9 Å². The van der Waals surface area contributed by atoms with Crippen molar-refractivity contribution in [3.8, 4) is 5.75 Å². The van der Waals surface area contributed by atoms with E-state index in [9.17, 15) is 10.2 Å². The van der Waals surface area contributed by atoms with E-state index in [4.69, 9.17) is 4.74 Å².